The van der Waals surface area contributed by atoms with Crippen molar-refractivity contribution < 1.29 is 9.53 Å². The van der Waals surface area contributed by atoms with Gasteiger partial charge in [0.15, 0.2) is 0 Å². The van der Waals surface area contributed by atoms with Crippen molar-refractivity contribution in [1.82, 2.24) is 0 Å². The lowest BCUT2D eigenvalue weighted by Crippen LogP contribution is -2.31. The van der Waals surface area contributed by atoms with E-state index in [-0.39, 0.29) is 17.5 Å². The van der Waals surface area contributed by atoms with Gasteiger partial charge in [0.05, 0.1) is 0 Å². The molecule has 0 aromatic rings. The first kappa shape index (κ1) is 41.6. The van der Waals surface area contributed by atoms with Gasteiger partial charge in [-0.2, -0.15) is 0 Å². The van der Waals surface area contributed by atoms with Crippen molar-refractivity contribution in [2.45, 2.75) is 128 Å². The molecule has 0 radical (unpaired) electrons. The molecule has 0 aliphatic heterocycles. The van der Waals surface area contributed by atoms with Crippen LogP contribution in [0.1, 0.15) is 122 Å². The highest BCUT2D eigenvalue weighted by atomic mass is 16.5. The lowest BCUT2D eigenvalue weighted by atomic mass is 9.71. The van der Waals surface area contributed by atoms with Crippen LogP contribution in [0, 0.1) is 17.3 Å². The average Bonchev–Trinajstić information content (AvgIpc) is 2.97. The molecule has 0 fully saturated rings. The second-order valence-electron chi connectivity index (χ2n) is 14.6. The van der Waals surface area contributed by atoms with E-state index >= 15 is 0 Å². The van der Waals surface area contributed by atoms with Crippen LogP contribution in [0.4, 0.5) is 0 Å². The number of carbonyl (C=O) groups is 1. The summed E-state index contributed by atoms with van der Waals surface area (Å²) in [6.45, 7) is 26.4. The summed E-state index contributed by atoms with van der Waals surface area (Å²) in [5, 5.41) is 0. The molecule has 0 saturated carbocycles. The molecule has 2 unspecified atom stereocenters. The van der Waals surface area contributed by atoms with E-state index in [0.29, 0.717) is 6.42 Å². The summed E-state index contributed by atoms with van der Waals surface area (Å²) in [7, 11) is 0. The molecule has 1 rings (SSSR count). The van der Waals surface area contributed by atoms with E-state index in [0.717, 1.165) is 31.1 Å². The second kappa shape index (κ2) is 22.2. The second-order valence-corrected chi connectivity index (χ2v) is 14.6. The van der Waals surface area contributed by atoms with E-state index in [1.165, 1.54) is 51.9 Å². The molecule has 1 aliphatic rings. The maximum atomic E-state index is 12.0. The predicted molar refractivity (Wildman–Crippen MR) is 208 cm³/mol. The van der Waals surface area contributed by atoms with Gasteiger partial charge in [0.25, 0.3) is 0 Å². The molecule has 0 saturated heterocycles. The van der Waals surface area contributed by atoms with Gasteiger partial charge in [0.2, 0.25) is 0 Å². The minimum Gasteiger partial charge on any atom is -0.462 e. The van der Waals surface area contributed by atoms with Crippen LogP contribution in [0.2, 0.25) is 0 Å². The van der Waals surface area contributed by atoms with E-state index in [1.54, 1.807) is 0 Å². The van der Waals surface area contributed by atoms with E-state index in [9.17, 15) is 4.79 Å². The Morgan fingerprint density at radius 3 is 1.74 bits per heavy atom. The predicted octanol–water partition coefficient (Wildman–Crippen LogP) is 13.4. The van der Waals surface area contributed by atoms with E-state index in [4.69, 9.17) is 4.74 Å². The van der Waals surface area contributed by atoms with Crippen molar-refractivity contribution in [2.75, 3.05) is 0 Å². The van der Waals surface area contributed by atoms with E-state index in [2.05, 4.69) is 167 Å². The molecule has 0 amide bonds. The summed E-state index contributed by atoms with van der Waals surface area (Å²) in [6, 6.07) is 0. The first-order chi connectivity index (χ1) is 22.1. The number of ether oxygens (including phenoxy) is 1. The molecule has 0 N–H and O–H groups in total. The lowest BCUT2D eigenvalue weighted by Gasteiger charge is -2.37. The summed E-state index contributed by atoms with van der Waals surface area (Å²) in [5.74, 6) is 1.45. The molecule has 2 nitrogen and oxygen atoms in total. The quantitative estimate of drug-likeness (QED) is 0.117. The zero-order valence-electron chi connectivity index (χ0n) is 32.0. The third kappa shape index (κ3) is 18.5. The van der Waals surface area contributed by atoms with Crippen molar-refractivity contribution in [3.8, 4) is 0 Å². The molecule has 258 valence electrons. The van der Waals surface area contributed by atoms with Crippen LogP contribution in [-0.2, 0) is 9.53 Å². The number of allylic oxidation sites excluding steroid dienone is 21. The van der Waals surface area contributed by atoms with E-state index in [1.807, 2.05) is 6.92 Å². The summed E-state index contributed by atoms with van der Waals surface area (Å²) < 4.78 is 5.75. The molecule has 0 aromatic heterocycles. The molecule has 0 heterocycles. The van der Waals surface area contributed by atoms with Gasteiger partial charge >= 0.3 is 5.97 Å². The highest BCUT2D eigenvalue weighted by molar-refractivity contribution is 5.69. The Morgan fingerprint density at radius 1 is 0.766 bits per heavy atom. The summed E-state index contributed by atoms with van der Waals surface area (Å²) in [4.78, 5) is 12.0. The van der Waals surface area contributed by atoms with Gasteiger partial charge in [-0.05, 0) is 90.0 Å². The van der Waals surface area contributed by atoms with Crippen molar-refractivity contribution in [2.24, 2.45) is 17.3 Å². The molecule has 1 aliphatic carbocycles. The number of esters is 1. The first-order valence-electron chi connectivity index (χ1n) is 17.8. The smallest absolute Gasteiger partial charge is 0.306 e. The number of hydrogen-bond acceptors (Lipinski definition) is 2. The minimum absolute atomic E-state index is 0.0230. The van der Waals surface area contributed by atoms with Gasteiger partial charge < -0.3 is 4.74 Å². The SMILES string of the molecule is CCCC(=O)OC1CC(C)=C(/C=C/C(C)=C/C=C/C(C)=C/C=C/C=C(C)/C=C/C=C(C)/C=C/C=C(\C)CCC(C)C(C)C)C(C)(C)C1. The molecule has 0 bridgehead atoms. The Balaban J connectivity index is 2.65. The van der Waals surface area contributed by atoms with Crippen LogP contribution in [0.25, 0.3) is 0 Å². The molecule has 2 heteroatoms. The fraction of sp³-hybridized carbons (Fsp3) is 0.489. The van der Waals surface area contributed by atoms with Gasteiger partial charge in [-0.25, -0.2) is 0 Å². The van der Waals surface area contributed by atoms with Gasteiger partial charge in [-0.3, -0.25) is 4.79 Å². The van der Waals surface area contributed by atoms with Crippen LogP contribution in [0.5, 0.6) is 0 Å². The van der Waals surface area contributed by atoms with Crippen molar-refractivity contribution >= 4 is 5.97 Å². The Labute approximate surface area is 289 Å². The first-order valence-corrected chi connectivity index (χ1v) is 17.8. The van der Waals surface area contributed by atoms with E-state index < -0.39 is 0 Å². The Hall–Kier alpha value is -3.39. The van der Waals surface area contributed by atoms with Crippen LogP contribution >= 0.6 is 0 Å². The number of hydrogen-bond donors (Lipinski definition) is 0. The fourth-order valence-electron chi connectivity index (χ4n) is 5.47. The Kier molecular flexibility index (Phi) is 19.7. The molecule has 47 heavy (non-hydrogen) atoms. The highest BCUT2D eigenvalue weighted by Crippen LogP contribution is 2.42. The number of carbonyl (C=O) groups excluding carboxylic acids is 1. The zero-order valence-corrected chi connectivity index (χ0v) is 32.0. The molecular weight excluding hydrogens is 572 g/mol. The normalized spacial score (nSPS) is 19.9. The third-order valence-corrected chi connectivity index (χ3v) is 8.86. The maximum absolute atomic E-state index is 12.0. The van der Waals surface area contributed by atoms with Gasteiger partial charge in [-0.15, -0.1) is 0 Å². The van der Waals surface area contributed by atoms with Crippen molar-refractivity contribution in [3.63, 3.8) is 0 Å². The lowest BCUT2D eigenvalue weighted by molar-refractivity contribution is -0.150. The van der Waals surface area contributed by atoms with Crippen LogP contribution in [0.15, 0.2) is 130 Å². The number of rotatable bonds is 17. The fourth-order valence-corrected chi connectivity index (χ4v) is 5.47. The standard InChI is InChI=1S/C45H66O2/c1-13-19-44(46)47-42-32-41(10)43(45(11,12)33-42)31-29-39(8)27-17-23-36(5)21-15-14-20-35(4)22-16-24-37(6)25-18-26-38(7)28-30-40(9)34(2)3/h14-18,20-27,29,31,34,40,42H,13,19,28,30,32-33H2,1-12H3/b15-14+,22-16+,23-17+,25-18+,31-29+,35-20+,36-21+,37-24+,38-26+,39-27+. The zero-order chi connectivity index (χ0) is 35.4. The summed E-state index contributed by atoms with van der Waals surface area (Å²) >= 11 is 0. The monoisotopic (exact) mass is 639 g/mol. The molecule has 2 atom stereocenters. The maximum Gasteiger partial charge on any atom is 0.306 e. The summed E-state index contributed by atoms with van der Waals surface area (Å²) in [6.07, 6.45) is 37.6. The summed E-state index contributed by atoms with van der Waals surface area (Å²) in [5.41, 5.74) is 8.89. The van der Waals surface area contributed by atoms with Crippen LogP contribution in [0.3, 0.4) is 0 Å². The molecular formula is C45H66O2. The highest BCUT2D eigenvalue weighted by Gasteiger charge is 2.34. The Morgan fingerprint density at radius 2 is 1.26 bits per heavy atom. The van der Waals surface area contributed by atoms with Crippen LogP contribution in [-0.4, -0.2) is 12.1 Å². The average molecular weight is 639 g/mol. The van der Waals surface area contributed by atoms with Crippen molar-refractivity contribution in [3.05, 3.63) is 130 Å². The topological polar surface area (TPSA) is 26.3 Å². The third-order valence-electron chi connectivity index (χ3n) is 8.86. The van der Waals surface area contributed by atoms with Crippen LogP contribution < -0.4 is 0 Å². The van der Waals surface area contributed by atoms with Gasteiger partial charge in [0, 0.05) is 12.8 Å². The molecule has 0 aromatic carbocycles. The van der Waals surface area contributed by atoms with Gasteiger partial charge in [-0.1, -0.05) is 166 Å². The minimum atomic E-state index is -0.0761. The van der Waals surface area contributed by atoms with Crippen molar-refractivity contribution in [1.29, 1.82) is 0 Å². The molecule has 0 spiro atoms. The largest absolute Gasteiger partial charge is 0.462 e. The Bertz CT molecular complexity index is 1340. The van der Waals surface area contributed by atoms with Gasteiger partial charge in [0.1, 0.15) is 6.10 Å².